The standard InChI is InChI=1S/C13H16BrNO/c1-15(10-16)9-13(7-2-8-13)11-3-5-12(14)6-4-11/h3-6,10H,2,7-9H2,1H3. The van der Waals surface area contributed by atoms with Gasteiger partial charge in [0, 0.05) is 23.5 Å². The molecule has 0 spiro atoms. The summed E-state index contributed by atoms with van der Waals surface area (Å²) < 4.78 is 1.11. The van der Waals surface area contributed by atoms with Crippen molar-refractivity contribution < 1.29 is 4.79 Å². The third-order valence-electron chi connectivity index (χ3n) is 3.50. The molecular formula is C13H16BrNO. The van der Waals surface area contributed by atoms with Crippen molar-refractivity contribution >= 4 is 22.3 Å². The summed E-state index contributed by atoms with van der Waals surface area (Å²) in [6.45, 7) is 0.831. The van der Waals surface area contributed by atoms with Crippen LogP contribution < -0.4 is 0 Å². The van der Waals surface area contributed by atoms with E-state index in [1.165, 1.54) is 24.8 Å². The molecule has 0 saturated heterocycles. The van der Waals surface area contributed by atoms with Crippen LogP contribution in [0.25, 0.3) is 0 Å². The summed E-state index contributed by atoms with van der Waals surface area (Å²) in [6, 6.07) is 8.50. The molecule has 0 atom stereocenters. The molecule has 0 unspecified atom stereocenters. The van der Waals surface area contributed by atoms with Gasteiger partial charge in [0.2, 0.25) is 6.41 Å². The number of hydrogen-bond donors (Lipinski definition) is 0. The van der Waals surface area contributed by atoms with Gasteiger partial charge < -0.3 is 4.90 Å². The monoisotopic (exact) mass is 281 g/mol. The molecule has 0 bridgehead atoms. The van der Waals surface area contributed by atoms with Crippen molar-refractivity contribution in [3.05, 3.63) is 34.3 Å². The Hall–Kier alpha value is -0.830. The van der Waals surface area contributed by atoms with E-state index in [0.717, 1.165) is 17.4 Å². The predicted molar refractivity (Wildman–Crippen MR) is 68.4 cm³/mol. The van der Waals surface area contributed by atoms with Gasteiger partial charge in [-0.15, -0.1) is 0 Å². The summed E-state index contributed by atoms with van der Waals surface area (Å²) in [7, 11) is 1.85. The summed E-state index contributed by atoms with van der Waals surface area (Å²) >= 11 is 3.45. The lowest BCUT2D eigenvalue weighted by Crippen LogP contribution is -2.44. The maximum Gasteiger partial charge on any atom is 0.209 e. The number of rotatable bonds is 4. The summed E-state index contributed by atoms with van der Waals surface area (Å²) in [6.07, 6.45) is 4.56. The summed E-state index contributed by atoms with van der Waals surface area (Å²) in [5.41, 5.74) is 1.56. The van der Waals surface area contributed by atoms with Crippen LogP contribution in [0.2, 0.25) is 0 Å². The first-order chi connectivity index (χ1) is 7.66. The maximum atomic E-state index is 10.7. The molecule has 2 rings (SSSR count). The van der Waals surface area contributed by atoms with Gasteiger partial charge in [-0.1, -0.05) is 34.5 Å². The average Bonchev–Trinajstić information content (AvgIpc) is 2.24. The van der Waals surface area contributed by atoms with Crippen molar-refractivity contribution in [2.45, 2.75) is 24.7 Å². The SMILES string of the molecule is CN(C=O)CC1(c2ccc(Br)cc2)CCC1. The van der Waals surface area contributed by atoms with Crippen LogP contribution in [-0.4, -0.2) is 24.9 Å². The molecule has 3 heteroatoms. The minimum Gasteiger partial charge on any atom is -0.347 e. The van der Waals surface area contributed by atoms with Gasteiger partial charge in [0.1, 0.15) is 0 Å². The zero-order chi connectivity index (χ0) is 11.6. The van der Waals surface area contributed by atoms with Gasteiger partial charge in [-0.2, -0.15) is 0 Å². The van der Waals surface area contributed by atoms with Gasteiger partial charge in [-0.25, -0.2) is 0 Å². The number of hydrogen-bond acceptors (Lipinski definition) is 1. The highest BCUT2D eigenvalue weighted by molar-refractivity contribution is 9.10. The van der Waals surface area contributed by atoms with E-state index in [0.29, 0.717) is 0 Å². The predicted octanol–water partition coefficient (Wildman–Crippen LogP) is 2.96. The summed E-state index contributed by atoms with van der Waals surface area (Å²) in [5.74, 6) is 0. The molecule has 0 N–H and O–H groups in total. The molecule has 1 fully saturated rings. The molecule has 2 nitrogen and oxygen atoms in total. The Kier molecular flexibility index (Phi) is 3.33. The van der Waals surface area contributed by atoms with Gasteiger partial charge in [-0.3, -0.25) is 4.79 Å². The second-order valence-electron chi connectivity index (χ2n) is 4.66. The fourth-order valence-electron chi connectivity index (χ4n) is 2.46. The Labute approximate surface area is 105 Å². The molecule has 1 amide bonds. The zero-order valence-electron chi connectivity index (χ0n) is 9.45. The fourth-order valence-corrected chi connectivity index (χ4v) is 2.72. The topological polar surface area (TPSA) is 20.3 Å². The molecule has 1 aliphatic carbocycles. The normalized spacial score (nSPS) is 17.6. The molecule has 1 aromatic rings. The molecular weight excluding hydrogens is 266 g/mol. The van der Waals surface area contributed by atoms with Crippen LogP contribution >= 0.6 is 15.9 Å². The van der Waals surface area contributed by atoms with Gasteiger partial charge >= 0.3 is 0 Å². The van der Waals surface area contributed by atoms with E-state index in [-0.39, 0.29) is 5.41 Å². The lowest BCUT2D eigenvalue weighted by atomic mass is 9.64. The van der Waals surface area contributed by atoms with Crippen LogP contribution in [0.1, 0.15) is 24.8 Å². The van der Waals surface area contributed by atoms with E-state index >= 15 is 0 Å². The quantitative estimate of drug-likeness (QED) is 0.777. The highest BCUT2D eigenvalue weighted by Crippen LogP contribution is 2.44. The Morgan fingerprint density at radius 2 is 2.00 bits per heavy atom. The van der Waals surface area contributed by atoms with Crippen molar-refractivity contribution in [2.75, 3.05) is 13.6 Å². The Morgan fingerprint density at radius 3 is 2.44 bits per heavy atom. The van der Waals surface area contributed by atoms with Crippen molar-refractivity contribution in [1.82, 2.24) is 4.90 Å². The molecule has 0 radical (unpaired) electrons. The number of benzene rings is 1. The molecule has 86 valence electrons. The zero-order valence-corrected chi connectivity index (χ0v) is 11.0. The number of nitrogens with zero attached hydrogens (tertiary/aromatic N) is 1. The van der Waals surface area contributed by atoms with Crippen LogP contribution in [0.15, 0.2) is 28.7 Å². The Morgan fingerprint density at radius 1 is 1.38 bits per heavy atom. The highest BCUT2D eigenvalue weighted by atomic mass is 79.9. The van der Waals surface area contributed by atoms with Gasteiger partial charge in [0.25, 0.3) is 0 Å². The summed E-state index contributed by atoms with van der Waals surface area (Å²) in [5, 5.41) is 0. The van der Waals surface area contributed by atoms with Crippen molar-refractivity contribution in [3.8, 4) is 0 Å². The fraction of sp³-hybridized carbons (Fsp3) is 0.462. The van der Waals surface area contributed by atoms with Crippen molar-refractivity contribution in [3.63, 3.8) is 0 Å². The number of halogens is 1. The van der Waals surface area contributed by atoms with Gasteiger partial charge in [0.05, 0.1) is 0 Å². The van der Waals surface area contributed by atoms with E-state index in [4.69, 9.17) is 0 Å². The highest BCUT2D eigenvalue weighted by Gasteiger charge is 2.39. The number of amides is 1. The first-order valence-electron chi connectivity index (χ1n) is 5.58. The molecule has 0 heterocycles. The van der Waals surface area contributed by atoms with Gasteiger partial charge in [-0.05, 0) is 30.5 Å². The largest absolute Gasteiger partial charge is 0.347 e. The van der Waals surface area contributed by atoms with Crippen molar-refractivity contribution in [1.29, 1.82) is 0 Å². The van der Waals surface area contributed by atoms with E-state index in [1.807, 2.05) is 7.05 Å². The second kappa shape index (κ2) is 4.58. The number of carbonyl (C=O) groups is 1. The number of likely N-dealkylation sites (N-methyl/N-ethyl adjacent to an activating group) is 1. The van der Waals surface area contributed by atoms with Crippen LogP contribution in [0.3, 0.4) is 0 Å². The van der Waals surface area contributed by atoms with Crippen LogP contribution in [0.5, 0.6) is 0 Å². The number of carbonyl (C=O) groups excluding carboxylic acids is 1. The smallest absolute Gasteiger partial charge is 0.209 e. The first-order valence-corrected chi connectivity index (χ1v) is 6.37. The lowest BCUT2D eigenvalue weighted by molar-refractivity contribution is -0.118. The third-order valence-corrected chi connectivity index (χ3v) is 4.03. The van der Waals surface area contributed by atoms with E-state index in [1.54, 1.807) is 4.90 Å². The Balaban J connectivity index is 2.20. The summed E-state index contributed by atoms with van der Waals surface area (Å²) in [4.78, 5) is 12.5. The van der Waals surface area contributed by atoms with E-state index in [9.17, 15) is 4.79 Å². The minimum absolute atomic E-state index is 0.205. The van der Waals surface area contributed by atoms with Crippen LogP contribution in [0.4, 0.5) is 0 Å². The lowest BCUT2D eigenvalue weighted by Gasteiger charge is -2.44. The molecule has 0 aromatic heterocycles. The third kappa shape index (κ3) is 2.14. The molecule has 16 heavy (non-hydrogen) atoms. The van der Waals surface area contributed by atoms with Crippen LogP contribution in [0, 0.1) is 0 Å². The Bertz CT molecular complexity index is 370. The van der Waals surface area contributed by atoms with Crippen molar-refractivity contribution in [2.24, 2.45) is 0 Å². The van der Waals surface area contributed by atoms with E-state index in [2.05, 4.69) is 40.2 Å². The van der Waals surface area contributed by atoms with E-state index < -0.39 is 0 Å². The average molecular weight is 282 g/mol. The molecule has 1 aromatic carbocycles. The molecule has 0 aliphatic heterocycles. The second-order valence-corrected chi connectivity index (χ2v) is 5.58. The molecule has 1 saturated carbocycles. The van der Waals surface area contributed by atoms with Crippen LogP contribution in [-0.2, 0) is 10.2 Å². The minimum atomic E-state index is 0.205. The molecule has 1 aliphatic rings. The first kappa shape index (κ1) is 11.6. The van der Waals surface area contributed by atoms with Gasteiger partial charge in [0.15, 0.2) is 0 Å². The maximum absolute atomic E-state index is 10.7.